The first-order chi connectivity index (χ1) is 13.2. The molecule has 0 saturated carbocycles. The Morgan fingerprint density at radius 2 is 2.11 bits per heavy atom. The van der Waals surface area contributed by atoms with Crippen molar-refractivity contribution in [1.29, 1.82) is 0 Å². The van der Waals surface area contributed by atoms with E-state index in [4.69, 9.17) is 4.74 Å². The molecule has 0 aliphatic carbocycles. The molecule has 27 heavy (non-hydrogen) atoms. The summed E-state index contributed by atoms with van der Waals surface area (Å²) in [6.45, 7) is 6.85. The lowest BCUT2D eigenvalue weighted by Gasteiger charge is -2.16. The summed E-state index contributed by atoms with van der Waals surface area (Å²) in [4.78, 5) is 19.0. The van der Waals surface area contributed by atoms with Crippen LogP contribution in [-0.2, 0) is 4.74 Å². The van der Waals surface area contributed by atoms with E-state index in [0.717, 1.165) is 62.3 Å². The molecule has 1 aromatic carbocycles. The maximum atomic E-state index is 12.5. The van der Waals surface area contributed by atoms with Gasteiger partial charge in [-0.3, -0.25) is 9.78 Å². The number of nitrogens with one attached hydrogen (secondary N) is 1. The van der Waals surface area contributed by atoms with E-state index in [2.05, 4.69) is 15.2 Å². The maximum absolute atomic E-state index is 12.5. The topological polar surface area (TPSA) is 54.5 Å². The van der Waals surface area contributed by atoms with Crippen molar-refractivity contribution in [2.24, 2.45) is 5.92 Å². The fourth-order valence-electron chi connectivity index (χ4n) is 3.65. The number of hydrogen-bond acceptors (Lipinski definition) is 4. The molecule has 1 amide bonds. The molecular formula is C22H29N3O2. The van der Waals surface area contributed by atoms with Crippen LogP contribution in [0.25, 0.3) is 11.1 Å². The second kappa shape index (κ2) is 9.62. The van der Waals surface area contributed by atoms with Crippen molar-refractivity contribution in [2.45, 2.75) is 19.8 Å². The monoisotopic (exact) mass is 367 g/mol. The number of pyridine rings is 1. The highest BCUT2D eigenvalue weighted by Gasteiger charge is 2.22. The largest absolute Gasteiger partial charge is 0.385 e. The van der Waals surface area contributed by atoms with E-state index in [1.165, 1.54) is 0 Å². The van der Waals surface area contributed by atoms with Crippen LogP contribution in [0.3, 0.4) is 0 Å². The first kappa shape index (κ1) is 19.5. The molecular weight excluding hydrogens is 338 g/mol. The Hall–Kier alpha value is -2.24. The number of nitrogens with zero attached hydrogens (tertiary/aromatic N) is 2. The third-order valence-electron chi connectivity index (χ3n) is 5.22. The molecule has 1 N–H and O–H groups in total. The summed E-state index contributed by atoms with van der Waals surface area (Å²) in [6, 6.07) is 9.81. The van der Waals surface area contributed by atoms with Crippen LogP contribution >= 0.6 is 0 Å². The van der Waals surface area contributed by atoms with E-state index in [9.17, 15) is 4.79 Å². The van der Waals surface area contributed by atoms with Gasteiger partial charge in [-0.05, 0) is 67.1 Å². The summed E-state index contributed by atoms with van der Waals surface area (Å²) in [5.74, 6) is 0.543. The Morgan fingerprint density at radius 3 is 2.85 bits per heavy atom. The summed E-state index contributed by atoms with van der Waals surface area (Å²) in [7, 11) is 1.74. The van der Waals surface area contributed by atoms with Gasteiger partial charge in [0.2, 0.25) is 0 Å². The van der Waals surface area contributed by atoms with Gasteiger partial charge < -0.3 is 15.0 Å². The first-order valence-corrected chi connectivity index (χ1v) is 9.68. The Labute approximate surface area is 161 Å². The molecule has 2 aromatic rings. The van der Waals surface area contributed by atoms with Crippen molar-refractivity contribution < 1.29 is 9.53 Å². The lowest BCUT2D eigenvalue weighted by Crippen LogP contribution is -2.31. The van der Waals surface area contributed by atoms with Gasteiger partial charge in [-0.1, -0.05) is 12.1 Å². The number of rotatable bonds is 8. The smallest absolute Gasteiger partial charge is 0.251 e. The Bertz CT molecular complexity index is 745. The zero-order valence-electron chi connectivity index (χ0n) is 16.3. The molecule has 5 heteroatoms. The minimum atomic E-state index is 0.00540. The third-order valence-corrected chi connectivity index (χ3v) is 5.22. The third kappa shape index (κ3) is 5.37. The van der Waals surface area contributed by atoms with E-state index in [0.29, 0.717) is 11.5 Å². The molecule has 144 valence electrons. The normalized spacial score (nSPS) is 17.2. The number of benzene rings is 1. The molecule has 1 aliphatic heterocycles. The molecule has 1 atom stereocenters. The number of carbonyl (C=O) groups excluding carboxylic acids is 1. The fourth-order valence-corrected chi connectivity index (χ4v) is 3.65. The van der Waals surface area contributed by atoms with Gasteiger partial charge in [0.05, 0.1) is 0 Å². The number of aromatic nitrogens is 1. The molecule has 1 fully saturated rings. The zero-order valence-corrected chi connectivity index (χ0v) is 16.3. The van der Waals surface area contributed by atoms with Crippen LogP contribution in [0.1, 0.15) is 28.8 Å². The number of likely N-dealkylation sites (tertiary alicyclic amines) is 1. The van der Waals surface area contributed by atoms with E-state index < -0.39 is 0 Å². The molecule has 0 radical (unpaired) electrons. The summed E-state index contributed by atoms with van der Waals surface area (Å²) in [5.41, 5.74) is 4.09. The summed E-state index contributed by atoms with van der Waals surface area (Å²) < 4.78 is 5.11. The van der Waals surface area contributed by atoms with E-state index in [1.807, 2.05) is 43.5 Å². The molecule has 5 nitrogen and oxygen atoms in total. The van der Waals surface area contributed by atoms with Gasteiger partial charge in [0.15, 0.2) is 0 Å². The number of carbonyl (C=O) groups is 1. The number of hydrogen-bond donors (Lipinski definition) is 1. The Kier molecular flexibility index (Phi) is 6.96. The summed E-state index contributed by atoms with van der Waals surface area (Å²) >= 11 is 0. The van der Waals surface area contributed by atoms with Crippen LogP contribution in [0.15, 0.2) is 42.7 Å². The van der Waals surface area contributed by atoms with Crippen molar-refractivity contribution in [3.63, 3.8) is 0 Å². The van der Waals surface area contributed by atoms with Crippen LogP contribution in [-0.4, -0.2) is 55.7 Å². The lowest BCUT2D eigenvalue weighted by atomic mass is 10.0. The number of methoxy groups -OCH3 is 1. The minimum absolute atomic E-state index is 0.00540. The number of amides is 1. The lowest BCUT2D eigenvalue weighted by molar-refractivity contribution is 0.0947. The van der Waals surface area contributed by atoms with Crippen molar-refractivity contribution in [3.8, 4) is 11.1 Å². The molecule has 3 rings (SSSR count). The van der Waals surface area contributed by atoms with Crippen molar-refractivity contribution in [3.05, 3.63) is 53.9 Å². The molecule has 1 aromatic heterocycles. The van der Waals surface area contributed by atoms with Crippen molar-refractivity contribution in [1.82, 2.24) is 15.2 Å². The summed E-state index contributed by atoms with van der Waals surface area (Å²) in [6.07, 6.45) is 5.87. The van der Waals surface area contributed by atoms with Crippen LogP contribution in [0.2, 0.25) is 0 Å². The second-order valence-corrected chi connectivity index (χ2v) is 7.28. The van der Waals surface area contributed by atoms with Gasteiger partial charge in [0.25, 0.3) is 5.91 Å². The molecule has 1 unspecified atom stereocenters. The predicted molar refractivity (Wildman–Crippen MR) is 108 cm³/mol. The highest BCUT2D eigenvalue weighted by atomic mass is 16.5. The predicted octanol–water partition coefficient (Wildman–Crippen LogP) is 3.15. The van der Waals surface area contributed by atoms with Crippen LogP contribution < -0.4 is 5.32 Å². The SMILES string of the molecule is COCCCN1CCC(CNC(=O)c2ccc(-c3ccncc3C)cc2)C1. The quantitative estimate of drug-likeness (QED) is 0.728. The number of aryl methyl sites for hydroxylation is 1. The zero-order chi connectivity index (χ0) is 19.1. The standard InChI is InChI=1S/C22H29N3O2/c1-17-14-23-10-8-21(17)19-4-6-20(7-5-19)22(26)24-15-18-9-12-25(16-18)11-3-13-27-2/h4-8,10,14,18H,3,9,11-13,15-16H2,1-2H3,(H,24,26). The highest BCUT2D eigenvalue weighted by Crippen LogP contribution is 2.22. The van der Waals surface area contributed by atoms with Crippen LogP contribution in [0.5, 0.6) is 0 Å². The maximum Gasteiger partial charge on any atom is 0.251 e. The highest BCUT2D eigenvalue weighted by molar-refractivity contribution is 5.94. The van der Waals surface area contributed by atoms with Gasteiger partial charge in [0.1, 0.15) is 0 Å². The van der Waals surface area contributed by atoms with E-state index >= 15 is 0 Å². The van der Waals surface area contributed by atoms with Gasteiger partial charge in [-0.15, -0.1) is 0 Å². The molecule has 2 heterocycles. The Balaban J connectivity index is 1.48. The molecule has 0 spiro atoms. The molecule has 1 saturated heterocycles. The molecule has 1 aliphatic rings. The first-order valence-electron chi connectivity index (χ1n) is 9.68. The molecule has 0 bridgehead atoms. The number of ether oxygens (including phenoxy) is 1. The second-order valence-electron chi connectivity index (χ2n) is 7.28. The Morgan fingerprint density at radius 1 is 1.30 bits per heavy atom. The van der Waals surface area contributed by atoms with Gasteiger partial charge in [0, 0.05) is 51.3 Å². The average Bonchev–Trinajstić information content (AvgIpc) is 3.15. The van der Waals surface area contributed by atoms with Crippen LogP contribution in [0.4, 0.5) is 0 Å². The fraction of sp³-hybridized carbons (Fsp3) is 0.455. The van der Waals surface area contributed by atoms with Crippen molar-refractivity contribution >= 4 is 5.91 Å². The minimum Gasteiger partial charge on any atom is -0.385 e. The van der Waals surface area contributed by atoms with E-state index in [-0.39, 0.29) is 5.91 Å². The van der Waals surface area contributed by atoms with Crippen molar-refractivity contribution in [2.75, 3.05) is 39.9 Å². The van der Waals surface area contributed by atoms with Gasteiger partial charge in [-0.2, -0.15) is 0 Å². The van der Waals surface area contributed by atoms with Crippen LogP contribution in [0, 0.1) is 12.8 Å². The average molecular weight is 367 g/mol. The van der Waals surface area contributed by atoms with Gasteiger partial charge >= 0.3 is 0 Å². The van der Waals surface area contributed by atoms with E-state index in [1.54, 1.807) is 13.3 Å². The summed E-state index contributed by atoms with van der Waals surface area (Å²) in [5, 5.41) is 3.10. The van der Waals surface area contributed by atoms with Gasteiger partial charge in [-0.25, -0.2) is 0 Å².